The summed E-state index contributed by atoms with van der Waals surface area (Å²) in [6, 6.07) is 4.35. The highest BCUT2D eigenvalue weighted by molar-refractivity contribution is 7.16. The van der Waals surface area contributed by atoms with Gasteiger partial charge in [0.05, 0.1) is 17.7 Å². The summed E-state index contributed by atoms with van der Waals surface area (Å²) in [4.78, 5) is 38.2. The second-order valence-corrected chi connectivity index (χ2v) is 5.47. The van der Waals surface area contributed by atoms with Crippen LogP contribution in [0.4, 0.5) is 5.00 Å². The molecule has 0 aliphatic carbocycles. The minimum atomic E-state index is -0.474. The molecule has 0 bridgehead atoms. The van der Waals surface area contributed by atoms with Gasteiger partial charge in [0.15, 0.2) is 0 Å². The normalized spacial score (nSPS) is 10.2. The zero-order chi connectivity index (χ0) is 15.4. The molecule has 2 aromatic rings. The number of aromatic amines is 1. The average Bonchev–Trinajstić information content (AvgIpc) is 2.80. The minimum Gasteiger partial charge on any atom is -0.462 e. The van der Waals surface area contributed by atoms with Crippen LogP contribution in [0, 0.1) is 6.92 Å². The lowest BCUT2D eigenvalue weighted by molar-refractivity contribution is 0.0528. The molecular weight excluding hydrogens is 292 g/mol. The fourth-order valence-electron chi connectivity index (χ4n) is 1.69. The summed E-state index contributed by atoms with van der Waals surface area (Å²) in [7, 11) is 0. The van der Waals surface area contributed by atoms with E-state index in [4.69, 9.17) is 4.74 Å². The van der Waals surface area contributed by atoms with Crippen molar-refractivity contribution in [3.05, 3.63) is 50.8 Å². The standard InChI is InChI=1S/C14H14N2O4S/c1-3-20-14(19)10-6-8(2)21-13(10)16-12(18)9-4-5-11(17)15-7-9/h4-7H,3H2,1-2H3,(H,15,17)(H,16,18). The molecule has 0 unspecified atom stereocenters. The van der Waals surface area contributed by atoms with Crippen LogP contribution in [0.1, 0.15) is 32.5 Å². The Hall–Kier alpha value is -2.41. The number of esters is 1. The van der Waals surface area contributed by atoms with E-state index in [1.165, 1.54) is 29.7 Å². The van der Waals surface area contributed by atoms with Crippen LogP contribution < -0.4 is 10.9 Å². The smallest absolute Gasteiger partial charge is 0.341 e. The molecule has 1 amide bonds. The Morgan fingerprint density at radius 3 is 2.76 bits per heavy atom. The molecule has 2 N–H and O–H groups in total. The number of carbonyl (C=O) groups excluding carboxylic acids is 2. The SMILES string of the molecule is CCOC(=O)c1cc(C)sc1NC(=O)c1ccc(=O)[nH]c1. The van der Waals surface area contributed by atoms with Gasteiger partial charge in [0.1, 0.15) is 5.00 Å². The number of anilines is 1. The molecule has 2 aromatic heterocycles. The number of hydrogen-bond acceptors (Lipinski definition) is 5. The lowest BCUT2D eigenvalue weighted by atomic mass is 10.2. The Balaban J connectivity index is 2.23. The van der Waals surface area contributed by atoms with Crippen molar-refractivity contribution >= 4 is 28.2 Å². The predicted molar refractivity (Wildman–Crippen MR) is 80.0 cm³/mol. The Labute approximate surface area is 124 Å². The van der Waals surface area contributed by atoms with Gasteiger partial charge >= 0.3 is 5.97 Å². The molecule has 0 fully saturated rings. The number of nitrogens with one attached hydrogen (secondary N) is 2. The van der Waals surface area contributed by atoms with E-state index in [1.54, 1.807) is 13.0 Å². The Kier molecular flexibility index (Phi) is 4.54. The first-order valence-corrected chi connectivity index (χ1v) is 7.10. The molecule has 2 heterocycles. The van der Waals surface area contributed by atoms with Crippen molar-refractivity contribution in [2.45, 2.75) is 13.8 Å². The van der Waals surface area contributed by atoms with E-state index in [0.717, 1.165) is 4.88 Å². The summed E-state index contributed by atoms with van der Waals surface area (Å²) in [5, 5.41) is 3.10. The number of rotatable bonds is 4. The number of carbonyl (C=O) groups is 2. The van der Waals surface area contributed by atoms with E-state index in [9.17, 15) is 14.4 Å². The third kappa shape index (κ3) is 3.57. The van der Waals surface area contributed by atoms with Crippen LogP contribution in [0.2, 0.25) is 0 Å². The fourth-order valence-corrected chi connectivity index (χ4v) is 2.59. The summed E-state index contributed by atoms with van der Waals surface area (Å²) in [5.41, 5.74) is 0.346. The maximum atomic E-state index is 12.1. The Morgan fingerprint density at radius 1 is 1.38 bits per heavy atom. The molecule has 0 aromatic carbocycles. The number of aromatic nitrogens is 1. The van der Waals surface area contributed by atoms with Crippen molar-refractivity contribution in [3.63, 3.8) is 0 Å². The molecule has 0 aliphatic rings. The van der Waals surface area contributed by atoms with Gasteiger partial charge in [-0.25, -0.2) is 4.79 Å². The van der Waals surface area contributed by atoms with Crippen molar-refractivity contribution < 1.29 is 14.3 Å². The highest BCUT2D eigenvalue weighted by atomic mass is 32.1. The molecule has 0 saturated carbocycles. The molecule has 21 heavy (non-hydrogen) atoms. The zero-order valence-electron chi connectivity index (χ0n) is 11.6. The maximum Gasteiger partial charge on any atom is 0.341 e. The van der Waals surface area contributed by atoms with E-state index in [2.05, 4.69) is 10.3 Å². The van der Waals surface area contributed by atoms with E-state index >= 15 is 0 Å². The van der Waals surface area contributed by atoms with Crippen molar-refractivity contribution in [1.29, 1.82) is 0 Å². The van der Waals surface area contributed by atoms with Gasteiger partial charge in [-0.3, -0.25) is 9.59 Å². The third-order valence-corrected chi connectivity index (χ3v) is 3.59. The largest absolute Gasteiger partial charge is 0.462 e. The van der Waals surface area contributed by atoms with Crippen molar-refractivity contribution in [1.82, 2.24) is 4.98 Å². The first-order valence-electron chi connectivity index (χ1n) is 6.29. The summed E-state index contributed by atoms with van der Waals surface area (Å²) >= 11 is 1.29. The quantitative estimate of drug-likeness (QED) is 0.847. The molecule has 110 valence electrons. The molecule has 0 atom stereocenters. The van der Waals surface area contributed by atoms with Crippen LogP contribution >= 0.6 is 11.3 Å². The van der Waals surface area contributed by atoms with Gasteiger partial charge in [-0.2, -0.15) is 0 Å². The van der Waals surface area contributed by atoms with E-state index < -0.39 is 11.9 Å². The summed E-state index contributed by atoms with van der Waals surface area (Å²) in [6.45, 7) is 3.82. The number of ether oxygens (including phenoxy) is 1. The van der Waals surface area contributed by atoms with Crippen molar-refractivity contribution in [2.24, 2.45) is 0 Å². The van der Waals surface area contributed by atoms with Crippen LogP contribution in [0.5, 0.6) is 0 Å². The van der Waals surface area contributed by atoms with Gasteiger partial charge in [-0.15, -0.1) is 11.3 Å². The Bertz CT molecular complexity index is 712. The number of pyridine rings is 1. The predicted octanol–water partition coefficient (Wildman–Crippen LogP) is 2.17. The van der Waals surface area contributed by atoms with E-state index in [0.29, 0.717) is 16.1 Å². The molecule has 0 saturated heterocycles. The number of H-pyrrole nitrogens is 1. The molecule has 0 spiro atoms. The maximum absolute atomic E-state index is 12.1. The highest BCUT2D eigenvalue weighted by Gasteiger charge is 2.18. The van der Waals surface area contributed by atoms with Crippen LogP contribution in [0.25, 0.3) is 0 Å². The first kappa shape index (κ1) is 15.0. The van der Waals surface area contributed by atoms with Gasteiger partial charge in [-0.1, -0.05) is 0 Å². The monoisotopic (exact) mass is 306 g/mol. The molecule has 7 heteroatoms. The highest BCUT2D eigenvalue weighted by Crippen LogP contribution is 2.28. The van der Waals surface area contributed by atoms with Gasteiger partial charge in [-0.05, 0) is 26.0 Å². The summed E-state index contributed by atoms with van der Waals surface area (Å²) in [6.07, 6.45) is 1.32. The number of amides is 1. The average molecular weight is 306 g/mol. The van der Waals surface area contributed by atoms with Crippen molar-refractivity contribution in [3.8, 4) is 0 Å². The van der Waals surface area contributed by atoms with Crippen LogP contribution in [0.3, 0.4) is 0 Å². The van der Waals surface area contributed by atoms with Gasteiger partial charge in [0.2, 0.25) is 5.56 Å². The van der Waals surface area contributed by atoms with Crippen LogP contribution in [-0.2, 0) is 4.74 Å². The van der Waals surface area contributed by atoms with Gasteiger partial charge < -0.3 is 15.0 Å². The van der Waals surface area contributed by atoms with Gasteiger partial charge in [0, 0.05) is 17.1 Å². The summed E-state index contributed by atoms with van der Waals surface area (Å²) < 4.78 is 4.95. The molecular formula is C14H14N2O4S. The minimum absolute atomic E-state index is 0.265. The molecule has 0 radical (unpaired) electrons. The molecule has 0 aliphatic heterocycles. The first-order chi connectivity index (χ1) is 10.0. The summed E-state index contributed by atoms with van der Waals surface area (Å²) in [5.74, 6) is -0.878. The van der Waals surface area contributed by atoms with E-state index in [-0.39, 0.29) is 12.2 Å². The second kappa shape index (κ2) is 6.36. The lowest BCUT2D eigenvalue weighted by Gasteiger charge is -2.05. The number of thiophene rings is 1. The molecule has 2 rings (SSSR count). The third-order valence-electron chi connectivity index (χ3n) is 2.62. The van der Waals surface area contributed by atoms with Crippen LogP contribution in [0.15, 0.2) is 29.2 Å². The number of hydrogen-bond donors (Lipinski definition) is 2. The zero-order valence-corrected chi connectivity index (χ0v) is 12.4. The number of aryl methyl sites for hydroxylation is 1. The molecule has 6 nitrogen and oxygen atoms in total. The van der Waals surface area contributed by atoms with Gasteiger partial charge in [0.25, 0.3) is 5.91 Å². The topological polar surface area (TPSA) is 88.3 Å². The second-order valence-electron chi connectivity index (χ2n) is 4.22. The van der Waals surface area contributed by atoms with Crippen LogP contribution in [-0.4, -0.2) is 23.5 Å². The van der Waals surface area contributed by atoms with E-state index in [1.807, 2.05) is 6.92 Å². The fraction of sp³-hybridized carbons (Fsp3) is 0.214. The lowest BCUT2D eigenvalue weighted by Crippen LogP contribution is -2.16. The van der Waals surface area contributed by atoms with Crippen molar-refractivity contribution in [2.75, 3.05) is 11.9 Å². The Morgan fingerprint density at radius 2 is 2.14 bits per heavy atom.